The fourth-order valence-corrected chi connectivity index (χ4v) is 9.58. The number of H-pyrrole nitrogens is 1. The van der Waals surface area contributed by atoms with Crippen LogP contribution in [0, 0.1) is 0 Å². The minimum atomic E-state index is -4.31. The third-order valence-corrected chi connectivity index (χ3v) is 10.6. The molecule has 3 aromatic carbocycles. The van der Waals surface area contributed by atoms with Crippen LogP contribution in [0.2, 0.25) is 0 Å². The summed E-state index contributed by atoms with van der Waals surface area (Å²) in [7, 11) is -7.74. The summed E-state index contributed by atoms with van der Waals surface area (Å²) in [4.78, 5) is 4.61. The highest BCUT2D eigenvalue weighted by Crippen LogP contribution is 2.47. The number of nitrogens with zero attached hydrogens (tertiary/aromatic N) is 5. The van der Waals surface area contributed by atoms with Crippen LogP contribution < -0.4 is 5.73 Å². The number of fused-ring (bicyclic) bond motifs is 2. The second kappa shape index (κ2) is 6.91. The Morgan fingerprint density at radius 2 is 1.73 bits per heavy atom. The van der Waals surface area contributed by atoms with Gasteiger partial charge >= 0.3 is 0 Å². The molecule has 2 aromatic heterocycles. The number of para-hydroxylation sites is 1. The quantitative estimate of drug-likeness (QED) is 0.386. The topological polar surface area (TPSA) is 157 Å². The maximum Gasteiger partial charge on any atom is 0.292 e. The molecule has 3 heterocycles. The molecule has 6 rings (SSSR count). The first-order valence-electron chi connectivity index (χ1n) is 9.53. The van der Waals surface area contributed by atoms with Crippen molar-refractivity contribution >= 4 is 46.4 Å². The minimum absolute atomic E-state index is 0.0394. The molecule has 3 N–H and O–H groups in total. The lowest BCUT2D eigenvalue weighted by atomic mass is 9.98. The first-order chi connectivity index (χ1) is 15.9. The summed E-state index contributed by atoms with van der Waals surface area (Å²) in [5.41, 5.74) is 7.81. The van der Waals surface area contributed by atoms with Gasteiger partial charge in [0.15, 0.2) is 5.13 Å². The van der Waals surface area contributed by atoms with E-state index in [1.807, 2.05) is 12.1 Å². The zero-order valence-corrected chi connectivity index (χ0v) is 19.0. The van der Waals surface area contributed by atoms with Crippen molar-refractivity contribution < 1.29 is 12.6 Å². The number of nitrogens with one attached hydrogen (secondary N) is 1. The van der Waals surface area contributed by atoms with Crippen LogP contribution in [0.4, 0.5) is 5.13 Å². The molecular formula is C20H13N7O3S3. The van der Waals surface area contributed by atoms with Crippen LogP contribution in [-0.4, -0.2) is 38.2 Å². The van der Waals surface area contributed by atoms with Gasteiger partial charge in [0.05, 0.1) is 25.6 Å². The highest BCUT2D eigenvalue weighted by Gasteiger charge is 2.40. The number of hydrogen-bond acceptors (Lipinski definition) is 9. The average molecular weight is 496 g/mol. The van der Waals surface area contributed by atoms with E-state index in [2.05, 4.69) is 29.4 Å². The summed E-state index contributed by atoms with van der Waals surface area (Å²) >= 11 is 1.32. The van der Waals surface area contributed by atoms with Crippen molar-refractivity contribution in [2.75, 3.05) is 5.73 Å². The van der Waals surface area contributed by atoms with E-state index in [0.717, 1.165) is 4.70 Å². The predicted molar refractivity (Wildman–Crippen MR) is 123 cm³/mol. The summed E-state index contributed by atoms with van der Waals surface area (Å²) in [6, 6.07) is 17.0. The number of benzene rings is 3. The smallest absolute Gasteiger partial charge is 0.292 e. The predicted octanol–water partition coefficient (Wildman–Crippen LogP) is 3.31. The lowest BCUT2D eigenvalue weighted by molar-refractivity contribution is 0.598. The van der Waals surface area contributed by atoms with E-state index in [9.17, 15) is 12.6 Å². The van der Waals surface area contributed by atoms with Crippen molar-refractivity contribution in [2.45, 2.75) is 14.7 Å². The minimum Gasteiger partial charge on any atom is -0.375 e. The molecule has 0 saturated heterocycles. The van der Waals surface area contributed by atoms with Crippen LogP contribution >= 0.6 is 11.3 Å². The van der Waals surface area contributed by atoms with Crippen LogP contribution in [0.15, 0.2) is 79.1 Å². The van der Waals surface area contributed by atoms with Gasteiger partial charge in [0.25, 0.3) is 10.0 Å². The molecule has 0 spiro atoms. The van der Waals surface area contributed by atoms with Crippen LogP contribution in [0.5, 0.6) is 0 Å². The van der Waals surface area contributed by atoms with Crippen molar-refractivity contribution in [1.82, 2.24) is 25.6 Å². The van der Waals surface area contributed by atoms with Crippen LogP contribution in [-0.2, 0) is 19.8 Å². The molecule has 33 heavy (non-hydrogen) atoms. The molecule has 1 aliphatic heterocycles. The Morgan fingerprint density at radius 1 is 0.909 bits per heavy atom. The molecule has 0 saturated carbocycles. The SMILES string of the molecule is Nc1nc2c(-c3ccc4c(c3-c3nn[nH]n3)S(=O)(=O)N=S4(=O)c3ccccc3)cccc2s1. The maximum absolute atomic E-state index is 14.0. The lowest BCUT2D eigenvalue weighted by Crippen LogP contribution is -2.03. The number of anilines is 1. The number of rotatable bonds is 3. The summed E-state index contributed by atoms with van der Waals surface area (Å²) in [5, 5.41) is 14.4. The van der Waals surface area contributed by atoms with Crippen LogP contribution in [0.25, 0.3) is 32.7 Å². The molecule has 1 unspecified atom stereocenters. The van der Waals surface area contributed by atoms with Crippen LogP contribution in [0.3, 0.4) is 0 Å². The van der Waals surface area contributed by atoms with E-state index in [0.29, 0.717) is 26.7 Å². The molecule has 1 atom stereocenters. The fraction of sp³-hybridized carbons (Fsp3) is 0. The van der Waals surface area contributed by atoms with E-state index >= 15 is 0 Å². The second-order valence-corrected chi connectivity index (χ2v) is 12.1. The molecule has 0 amide bonds. The standard InChI is InChI=1S/C20H13N7O3S3/c21-20-22-17-13(7-4-8-14(17)31-20)12-9-10-15-18(16(12)19-23-25-26-24-19)33(29,30)27-32(15,28)11-5-2-1-3-6-11/h1-10H,(H2,21,22)(H,23,24,25,26). The van der Waals surface area contributed by atoms with Gasteiger partial charge in [-0.1, -0.05) is 51.5 Å². The zero-order chi connectivity index (χ0) is 22.8. The third kappa shape index (κ3) is 2.90. The van der Waals surface area contributed by atoms with Gasteiger partial charge in [-0.15, -0.1) is 10.2 Å². The molecular weight excluding hydrogens is 482 g/mol. The van der Waals surface area contributed by atoms with Crippen molar-refractivity contribution in [3.05, 3.63) is 60.7 Å². The van der Waals surface area contributed by atoms with E-state index in [1.165, 1.54) is 17.4 Å². The summed E-state index contributed by atoms with van der Waals surface area (Å²) in [5.74, 6) is 0.0394. The van der Waals surface area contributed by atoms with E-state index in [1.54, 1.807) is 42.5 Å². The average Bonchev–Trinajstić information content (AvgIpc) is 3.51. The van der Waals surface area contributed by atoms with Gasteiger partial charge in [0.1, 0.15) is 14.6 Å². The number of aromatic nitrogens is 5. The Hall–Kier alpha value is -3.68. The molecule has 164 valence electrons. The zero-order valence-electron chi connectivity index (χ0n) is 16.5. The number of aromatic amines is 1. The summed E-state index contributed by atoms with van der Waals surface area (Å²) in [6.07, 6.45) is 0. The molecule has 0 aliphatic carbocycles. The molecule has 0 radical (unpaired) electrons. The Kier molecular flexibility index (Phi) is 4.18. The number of tetrazole rings is 1. The number of sulfonamides is 1. The van der Waals surface area contributed by atoms with Gasteiger partial charge in [-0.05, 0) is 35.0 Å². The van der Waals surface area contributed by atoms with Gasteiger partial charge < -0.3 is 5.73 Å². The molecule has 13 heteroatoms. The molecule has 0 bridgehead atoms. The third-order valence-electron chi connectivity index (χ3n) is 5.24. The molecule has 0 fully saturated rings. The molecule has 5 aromatic rings. The number of nitrogen functional groups attached to an aromatic ring is 1. The first-order valence-corrected chi connectivity index (χ1v) is 13.3. The Labute approximate surface area is 191 Å². The van der Waals surface area contributed by atoms with E-state index in [4.69, 9.17) is 5.73 Å². The highest BCUT2D eigenvalue weighted by atomic mass is 32.3. The number of nitrogens with two attached hydrogens (primary N) is 1. The number of hydrogen-bond donors (Lipinski definition) is 2. The fourth-order valence-electron chi connectivity index (χ4n) is 3.93. The highest BCUT2D eigenvalue weighted by molar-refractivity contribution is 8.06. The van der Waals surface area contributed by atoms with Crippen molar-refractivity contribution in [2.24, 2.45) is 3.77 Å². The van der Waals surface area contributed by atoms with Gasteiger partial charge in [0, 0.05) is 5.56 Å². The normalized spacial score (nSPS) is 18.8. The maximum atomic E-state index is 14.0. The Balaban J connectivity index is 1.74. The van der Waals surface area contributed by atoms with E-state index < -0.39 is 19.8 Å². The van der Waals surface area contributed by atoms with Crippen molar-refractivity contribution in [3.8, 4) is 22.5 Å². The van der Waals surface area contributed by atoms with Gasteiger partial charge in [0.2, 0.25) is 5.82 Å². The van der Waals surface area contributed by atoms with E-state index in [-0.39, 0.29) is 21.2 Å². The summed E-state index contributed by atoms with van der Waals surface area (Å²) in [6.45, 7) is 0. The van der Waals surface area contributed by atoms with Gasteiger partial charge in [-0.2, -0.15) is 13.6 Å². The Morgan fingerprint density at radius 3 is 2.48 bits per heavy atom. The molecule has 1 aliphatic rings. The number of thiazole rings is 1. The Bertz CT molecular complexity index is 1790. The van der Waals surface area contributed by atoms with Crippen LogP contribution in [0.1, 0.15) is 0 Å². The van der Waals surface area contributed by atoms with Crippen molar-refractivity contribution in [3.63, 3.8) is 0 Å². The largest absolute Gasteiger partial charge is 0.375 e. The second-order valence-electron chi connectivity index (χ2n) is 7.14. The monoisotopic (exact) mass is 495 g/mol. The van der Waals surface area contributed by atoms with Gasteiger partial charge in [-0.25, -0.2) is 9.19 Å². The van der Waals surface area contributed by atoms with Crippen molar-refractivity contribution in [1.29, 1.82) is 0 Å². The van der Waals surface area contributed by atoms with Gasteiger partial charge in [-0.3, -0.25) is 0 Å². The lowest BCUT2D eigenvalue weighted by Gasteiger charge is -2.13. The summed E-state index contributed by atoms with van der Waals surface area (Å²) < 4.78 is 45.3. The first kappa shape index (κ1) is 20.0. The molecule has 10 nitrogen and oxygen atoms in total.